The van der Waals surface area contributed by atoms with Crippen LogP contribution < -0.4 is 5.32 Å². The van der Waals surface area contributed by atoms with E-state index in [9.17, 15) is 0 Å². The maximum atomic E-state index is 3.86. The van der Waals surface area contributed by atoms with Gasteiger partial charge in [-0.05, 0) is 57.9 Å². The molecule has 118 valence electrons. The van der Waals surface area contributed by atoms with Crippen molar-refractivity contribution in [1.82, 2.24) is 10.2 Å². The van der Waals surface area contributed by atoms with E-state index in [0.717, 1.165) is 24.0 Å². The summed E-state index contributed by atoms with van der Waals surface area (Å²) in [5.74, 6) is 0.888. The molecule has 4 unspecified atom stereocenters. The van der Waals surface area contributed by atoms with Crippen LogP contribution in [0.3, 0.4) is 0 Å². The van der Waals surface area contributed by atoms with Gasteiger partial charge in [-0.1, -0.05) is 33.1 Å². The SMILES string of the molecule is CCCNC1CCCCCC1CN1C(C)CCC1CC. The highest BCUT2D eigenvalue weighted by atomic mass is 15.2. The summed E-state index contributed by atoms with van der Waals surface area (Å²) < 4.78 is 0. The largest absolute Gasteiger partial charge is 0.314 e. The Kier molecular flexibility index (Phi) is 6.83. The molecule has 20 heavy (non-hydrogen) atoms. The molecule has 4 atom stereocenters. The van der Waals surface area contributed by atoms with Gasteiger partial charge in [-0.25, -0.2) is 0 Å². The minimum Gasteiger partial charge on any atom is -0.314 e. The maximum Gasteiger partial charge on any atom is 0.0107 e. The van der Waals surface area contributed by atoms with Crippen molar-refractivity contribution in [3.05, 3.63) is 0 Å². The van der Waals surface area contributed by atoms with Gasteiger partial charge >= 0.3 is 0 Å². The standard InChI is InChI=1S/C18H36N2/c1-4-13-19-18-10-8-6-7-9-16(18)14-20-15(3)11-12-17(20)5-2/h15-19H,4-14H2,1-3H3. The Morgan fingerprint density at radius 1 is 1.00 bits per heavy atom. The van der Waals surface area contributed by atoms with Gasteiger partial charge in [0.2, 0.25) is 0 Å². The normalized spacial score (nSPS) is 36.1. The first-order valence-electron chi connectivity index (χ1n) is 9.25. The van der Waals surface area contributed by atoms with Gasteiger partial charge in [0.1, 0.15) is 0 Å². The summed E-state index contributed by atoms with van der Waals surface area (Å²) in [4.78, 5) is 2.84. The first kappa shape index (κ1) is 16.3. The Morgan fingerprint density at radius 2 is 1.80 bits per heavy atom. The smallest absolute Gasteiger partial charge is 0.0107 e. The van der Waals surface area contributed by atoms with E-state index in [0.29, 0.717) is 0 Å². The van der Waals surface area contributed by atoms with Crippen molar-refractivity contribution in [2.24, 2.45) is 5.92 Å². The molecule has 0 bridgehead atoms. The number of rotatable bonds is 6. The first-order valence-corrected chi connectivity index (χ1v) is 9.25. The molecule has 2 nitrogen and oxygen atoms in total. The fraction of sp³-hybridized carbons (Fsp3) is 1.00. The monoisotopic (exact) mass is 280 g/mol. The van der Waals surface area contributed by atoms with Crippen molar-refractivity contribution < 1.29 is 0 Å². The lowest BCUT2D eigenvalue weighted by atomic mass is 9.93. The molecule has 1 N–H and O–H groups in total. The molecule has 1 aliphatic heterocycles. The van der Waals surface area contributed by atoms with Crippen LogP contribution in [0.1, 0.15) is 78.6 Å². The second kappa shape index (κ2) is 8.38. The molecule has 1 saturated carbocycles. The van der Waals surface area contributed by atoms with Crippen molar-refractivity contribution in [1.29, 1.82) is 0 Å². The van der Waals surface area contributed by atoms with Gasteiger partial charge in [0.15, 0.2) is 0 Å². The van der Waals surface area contributed by atoms with Gasteiger partial charge in [0.25, 0.3) is 0 Å². The summed E-state index contributed by atoms with van der Waals surface area (Å²) in [5.41, 5.74) is 0. The maximum absolute atomic E-state index is 3.86. The molecule has 0 aromatic heterocycles. The number of nitrogens with zero attached hydrogens (tertiary/aromatic N) is 1. The third-order valence-electron chi connectivity index (χ3n) is 5.69. The summed E-state index contributed by atoms with van der Waals surface area (Å²) >= 11 is 0. The van der Waals surface area contributed by atoms with Crippen LogP contribution in [0.15, 0.2) is 0 Å². The van der Waals surface area contributed by atoms with Crippen LogP contribution in [0, 0.1) is 5.92 Å². The molecule has 1 heterocycles. The minimum absolute atomic E-state index is 0.780. The minimum atomic E-state index is 0.780. The van der Waals surface area contributed by atoms with Crippen molar-refractivity contribution in [3.63, 3.8) is 0 Å². The third kappa shape index (κ3) is 4.21. The van der Waals surface area contributed by atoms with Crippen LogP contribution in [-0.2, 0) is 0 Å². The number of hydrogen-bond acceptors (Lipinski definition) is 2. The molecule has 0 radical (unpaired) electrons. The van der Waals surface area contributed by atoms with Gasteiger partial charge in [-0.3, -0.25) is 4.90 Å². The Hall–Kier alpha value is -0.0800. The fourth-order valence-electron chi connectivity index (χ4n) is 4.36. The average Bonchev–Trinajstić information content (AvgIpc) is 2.67. The van der Waals surface area contributed by atoms with E-state index >= 15 is 0 Å². The van der Waals surface area contributed by atoms with Crippen molar-refractivity contribution in [3.8, 4) is 0 Å². The van der Waals surface area contributed by atoms with Gasteiger partial charge in [0, 0.05) is 24.7 Å². The van der Waals surface area contributed by atoms with Crippen LogP contribution in [-0.4, -0.2) is 36.1 Å². The highest BCUT2D eigenvalue weighted by molar-refractivity contribution is 4.89. The highest BCUT2D eigenvalue weighted by Crippen LogP contribution is 2.31. The Balaban J connectivity index is 1.95. The zero-order valence-corrected chi connectivity index (χ0v) is 14.0. The van der Waals surface area contributed by atoms with Crippen molar-refractivity contribution in [2.75, 3.05) is 13.1 Å². The lowest BCUT2D eigenvalue weighted by molar-refractivity contribution is 0.144. The van der Waals surface area contributed by atoms with E-state index < -0.39 is 0 Å². The number of hydrogen-bond donors (Lipinski definition) is 1. The molecule has 2 heteroatoms. The summed E-state index contributed by atoms with van der Waals surface area (Å²) in [6, 6.07) is 2.46. The summed E-state index contributed by atoms with van der Waals surface area (Å²) in [5, 5.41) is 3.86. The van der Waals surface area contributed by atoms with Crippen molar-refractivity contribution in [2.45, 2.75) is 96.7 Å². The van der Waals surface area contributed by atoms with Crippen LogP contribution in [0.4, 0.5) is 0 Å². The summed E-state index contributed by atoms with van der Waals surface area (Å²) in [6.45, 7) is 9.65. The zero-order chi connectivity index (χ0) is 14.4. The second-order valence-corrected chi connectivity index (χ2v) is 7.14. The zero-order valence-electron chi connectivity index (χ0n) is 14.0. The van der Waals surface area contributed by atoms with Crippen LogP contribution in [0.2, 0.25) is 0 Å². The number of likely N-dealkylation sites (tertiary alicyclic amines) is 1. The van der Waals surface area contributed by atoms with E-state index in [1.165, 1.54) is 70.9 Å². The topological polar surface area (TPSA) is 15.3 Å². The molecule has 2 fully saturated rings. The molecule has 1 aliphatic carbocycles. The average molecular weight is 280 g/mol. The molecule has 2 aliphatic rings. The molecule has 1 saturated heterocycles. The molecule has 0 spiro atoms. The quantitative estimate of drug-likeness (QED) is 0.734. The van der Waals surface area contributed by atoms with Crippen molar-refractivity contribution >= 4 is 0 Å². The van der Waals surface area contributed by atoms with E-state index in [2.05, 4.69) is 31.0 Å². The molecule has 0 aromatic rings. The highest BCUT2D eigenvalue weighted by Gasteiger charge is 2.33. The fourth-order valence-corrected chi connectivity index (χ4v) is 4.36. The predicted molar refractivity (Wildman–Crippen MR) is 88.1 cm³/mol. The Bertz CT molecular complexity index is 266. The van der Waals surface area contributed by atoms with Gasteiger partial charge in [-0.2, -0.15) is 0 Å². The molecular weight excluding hydrogens is 244 g/mol. The van der Waals surface area contributed by atoms with E-state index in [4.69, 9.17) is 0 Å². The number of nitrogens with one attached hydrogen (secondary N) is 1. The van der Waals surface area contributed by atoms with E-state index in [1.54, 1.807) is 0 Å². The van der Waals surface area contributed by atoms with E-state index in [-0.39, 0.29) is 0 Å². The Labute approximate surface area is 126 Å². The van der Waals surface area contributed by atoms with Gasteiger partial charge in [0.05, 0.1) is 0 Å². The molecule has 0 amide bonds. The molecule has 0 aromatic carbocycles. The second-order valence-electron chi connectivity index (χ2n) is 7.14. The Morgan fingerprint density at radius 3 is 2.55 bits per heavy atom. The lowest BCUT2D eigenvalue weighted by Crippen LogP contribution is -2.45. The lowest BCUT2D eigenvalue weighted by Gasteiger charge is -2.35. The predicted octanol–water partition coefficient (Wildman–Crippen LogP) is 4.20. The summed E-state index contributed by atoms with van der Waals surface area (Å²) in [6.07, 6.45) is 12.6. The van der Waals surface area contributed by atoms with Crippen LogP contribution >= 0.6 is 0 Å². The van der Waals surface area contributed by atoms with Crippen LogP contribution in [0.25, 0.3) is 0 Å². The third-order valence-corrected chi connectivity index (χ3v) is 5.69. The van der Waals surface area contributed by atoms with Crippen LogP contribution in [0.5, 0.6) is 0 Å². The molecule has 2 rings (SSSR count). The van der Waals surface area contributed by atoms with Gasteiger partial charge < -0.3 is 5.32 Å². The first-order chi connectivity index (χ1) is 9.76. The van der Waals surface area contributed by atoms with E-state index in [1.807, 2.05) is 0 Å². The van der Waals surface area contributed by atoms with Gasteiger partial charge in [-0.15, -0.1) is 0 Å². The molecular formula is C18H36N2. The summed E-state index contributed by atoms with van der Waals surface area (Å²) in [7, 11) is 0.